The van der Waals surface area contributed by atoms with Gasteiger partial charge in [-0.2, -0.15) is 0 Å². The van der Waals surface area contributed by atoms with E-state index in [-0.39, 0.29) is 19.3 Å². The number of carbonyl (C=O) groups is 6. The van der Waals surface area contributed by atoms with E-state index < -0.39 is 72.7 Å². The van der Waals surface area contributed by atoms with Crippen LogP contribution in [0.2, 0.25) is 0 Å². The van der Waals surface area contributed by atoms with Crippen LogP contribution in [0.15, 0.2) is 30.5 Å². The van der Waals surface area contributed by atoms with Crippen molar-refractivity contribution in [2.75, 3.05) is 6.61 Å². The summed E-state index contributed by atoms with van der Waals surface area (Å²) in [4.78, 5) is 75.4. The van der Waals surface area contributed by atoms with Crippen molar-refractivity contribution in [1.82, 2.24) is 20.9 Å². The minimum absolute atomic E-state index is 0.0660. The van der Waals surface area contributed by atoms with Gasteiger partial charge in [-0.15, -0.1) is 0 Å². The molecule has 2 rings (SSSR count). The summed E-state index contributed by atoms with van der Waals surface area (Å²) < 4.78 is 0. The summed E-state index contributed by atoms with van der Waals surface area (Å²) in [6.45, 7) is -0.922. The van der Waals surface area contributed by atoms with Crippen LogP contribution >= 0.6 is 0 Å². The molecule has 4 unspecified atom stereocenters. The summed E-state index contributed by atoms with van der Waals surface area (Å²) in [6.07, 6.45) is 0.465. The number of aliphatic hydroxyl groups is 1. The molecule has 0 aliphatic heterocycles. The highest BCUT2D eigenvalue weighted by atomic mass is 16.4. The minimum Gasteiger partial charge on any atom is -0.480 e. The molecule has 0 fully saturated rings. The van der Waals surface area contributed by atoms with E-state index in [1.54, 1.807) is 30.5 Å². The third kappa shape index (κ3) is 8.56. The first-order valence-electron chi connectivity index (χ1n) is 11.5. The number of benzene rings is 1. The van der Waals surface area contributed by atoms with Crippen LogP contribution in [-0.4, -0.2) is 81.5 Å². The van der Waals surface area contributed by atoms with Crippen molar-refractivity contribution in [3.63, 3.8) is 0 Å². The minimum atomic E-state index is -1.66. The molecule has 0 radical (unpaired) electrons. The van der Waals surface area contributed by atoms with Crippen LogP contribution in [0.1, 0.15) is 24.8 Å². The summed E-state index contributed by atoms with van der Waals surface area (Å²) >= 11 is 0. The topological polar surface area (TPSA) is 273 Å². The molecule has 1 heterocycles. The third-order valence-corrected chi connectivity index (χ3v) is 5.60. The lowest BCUT2D eigenvalue weighted by Gasteiger charge is -2.24. The first-order valence-corrected chi connectivity index (χ1v) is 11.5. The number of carboxylic acids is 1. The van der Waals surface area contributed by atoms with E-state index in [2.05, 4.69) is 20.9 Å². The van der Waals surface area contributed by atoms with Crippen LogP contribution in [0.5, 0.6) is 0 Å². The molecule has 4 atom stereocenters. The molecule has 15 heteroatoms. The molecular formula is C23H31N7O8. The van der Waals surface area contributed by atoms with E-state index in [1.165, 1.54) is 0 Å². The lowest BCUT2D eigenvalue weighted by Crippen LogP contribution is -2.58. The maximum atomic E-state index is 13.3. The fraction of sp³-hybridized carbons (Fsp3) is 0.391. The van der Waals surface area contributed by atoms with Gasteiger partial charge in [0.05, 0.1) is 19.1 Å². The first kappa shape index (κ1) is 29.7. The van der Waals surface area contributed by atoms with E-state index in [9.17, 15) is 33.9 Å². The maximum Gasteiger partial charge on any atom is 0.328 e. The number of carbonyl (C=O) groups excluding carboxylic acids is 5. The van der Waals surface area contributed by atoms with E-state index >= 15 is 0 Å². The fourth-order valence-electron chi connectivity index (χ4n) is 3.60. The number of primary amides is 2. The second-order valence-electron chi connectivity index (χ2n) is 8.55. The van der Waals surface area contributed by atoms with E-state index in [0.717, 1.165) is 10.9 Å². The van der Waals surface area contributed by atoms with E-state index in [0.29, 0.717) is 5.56 Å². The van der Waals surface area contributed by atoms with Gasteiger partial charge in [-0.3, -0.25) is 24.0 Å². The van der Waals surface area contributed by atoms with Crippen molar-refractivity contribution < 1.29 is 39.0 Å². The molecule has 12 N–H and O–H groups in total. The molecule has 0 spiro atoms. The number of fused-ring (bicyclic) bond motifs is 1. The highest BCUT2D eigenvalue weighted by Gasteiger charge is 2.31. The summed E-state index contributed by atoms with van der Waals surface area (Å²) in [5.41, 5.74) is 17.4. The molecule has 0 aliphatic carbocycles. The van der Waals surface area contributed by atoms with Gasteiger partial charge in [-0.1, -0.05) is 18.2 Å². The lowest BCUT2D eigenvalue weighted by molar-refractivity contribution is -0.143. The molecular weight excluding hydrogens is 502 g/mol. The van der Waals surface area contributed by atoms with Gasteiger partial charge in [0.15, 0.2) is 0 Å². The number of aromatic nitrogens is 1. The number of aromatic amines is 1. The van der Waals surface area contributed by atoms with Crippen molar-refractivity contribution in [2.45, 2.75) is 49.9 Å². The zero-order valence-corrected chi connectivity index (χ0v) is 20.3. The molecule has 2 aromatic rings. The number of amides is 5. The van der Waals surface area contributed by atoms with Crippen molar-refractivity contribution in [2.24, 2.45) is 17.2 Å². The smallest absolute Gasteiger partial charge is 0.328 e. The molecule has 15 nitrogen and oxygen atoms in total. The summed E-state index contributed by atoms with van der Waals surface area (Å²) in [5, 5.41) is 26.0. The highest BCUT2D eigenvalue weighted by molar-refractivity contribution is 5.96. The van der Waals surface area contributed by atoms with Crippen molar-refractivity contribution in [3.8, 4) is 0 Å². The molecule has 1 aromatic heterocycles. The van der Waals surface area contributed by atoms with Gasteiger partial charge in [-0.05, 0) is 18.1 Å². The average Bonchev–Trinajstić information content (AvgIpc) is 3.26. The van der Waals surface area contributed by atoms with Crippen LogP contribution in [0.4, 0.5) is 0 Å². The Bertz CT molecular complexity index is 1200. The fourth-order valence-corrected chi connectivity index (χ4v) is 3.60. The largest absolute Gasteiger partial charge is 0.480 e. The van der Waals surface area contributed by atoms with Crippen LogP contribution < -0.4 is 33.2 Å². The summed E-state index contributed by atoms with van der Waals surface area (Å²) in [7, 11) is 0. The number of aliphatic hydroxyl groups excluding tert-OH is 1. The normalized spacial score (nSPS) is 14.1. The van der Waals surface area contributed by atoms with Gasteiger partial charge < -0.3 is 48.3 Å². The zero-order chi connectivity index (χ0) is 28.4. The Labute approximate surface area is 216 Å². The predicted molar refractivity (Wildman–Crippen MR) is 133 cm³/mol. The second kappa shape index (κ2) is 13.7. The number of nitrogens with one attached hydrogen (secondary N) is 4. The predicted octanol–water partition coefficient (Wildman–Crippen LogP) is -3.29. The Morgan fingerprint density at radius 2 is 1.47 bits per heavy atom. The van der Waals surface area contributed by atoms with Crippen LogP contribution in [0.25, 0.3) is 10.9 Å². The third-order valence-electron chi connectivity index (χ3n) is 5.60. The Kier molecular flexibility index (Phi) is 10.7. The van der Waals surface area contributed by atoms with Gasteiger partial charge in [0.1, 0.15) is 18.1 Å². The number of rotatable bonds is 15. The van der Waals surface area contributed by atoms with Crippen LogP contribution in [-0.2, 0) is 35.2 Å². The molecule has 38 heavy (non-hydrogen) atoms. The van der Waals surface area contributed by atoms with Crippen molar-refractivity contribution in [1.29, 1.82) is 0 Å². The van der Waals surface area contributed by atoms with Crippen LogP contribution in [0, 0.1) is 0 Å². The number of hydrogen-bond donors (Lipinski definition) is 9. The van der Waals surface area contributed by atoms with Gasteiger partial charge in [0.2, 0.25) is 29.5 Å². The summed E-state index contributed by atoms with van der Waals surface area (Å²) in [5.74, 6) is -5.85. The quantitative estimate of drug-likeness (QED) is 0.111. The number of carboxylic acid groups (broad SMARTS) is 1. The van der Waals surface area contributed by atoms with Crippen LogP contribution in [0.3, 0.4) is 0 Å². The molecule has 0 saturated heterocycles. The number of H-pyrrole nitrogens is 1. The van der Waals surface area contributed by atoms with Crippen molar-refractivity contribution >= 4 is 46.4 Å². The molecule has 0 bridgehead atoms. The van der Waals surface area contributed by atoms with Crippen molar-refractivity contribution in [3.05, 3.63) is 36.0 Å². The SMILES string of the molecule is NC(=O)CCC(NC(=O)C(Cc1c[nH]c2ccccc12)NC(=O)C(N)CC(N)=O)C(=O)NC(CO)C(=O)O. The van der Waals surface area contributed by atoms with Gasteiger partial charge in [0, 0.05) is 29.9 Å². The van der Waals surface area contributed by atoms with E-state index in [1.807, 2.05) is 0 Å². The Balaban J connectivity index is 2.31. The maximum absolute atomic E-state index is 13.3. The molecule has 206 valence electrons. The monoisotopic (exact) mass is 533 g/mol. The molecule has 5 amide bonds. The number of aliphatic carboxylic acids is 1. The standard InChI is InChI=1S/C23H31N7O8/c24-13(8-19(26)33)20(34)29-16(7-11-9-27-14-4-2-1-3-12(11)14)22(36)28-15(5-6-18(25)32)21(35)30-17(10-31)23(37)38/h1-4,9,13,15-17,27,31H,5-8,10,24H2,(H2,25,32)(H2,26,33)(H,28,36)(H,29,34)(H,30,35)(H,37,38). The number of para-hydroxylation sites is 1. The summed E-state index contributed by atoms with van der Waals surface area (Å²) in [6, 6.07) is 1.42. The first-order chi connectivity index (χ1) is 17.9. The van der Waals surface area contributed by atoms with Gasteiger partial charge >= 0.3 is 5.97 Å². The zero-order valence-electron chi connectivity index (χ0n) is 20.3. The Morgan fingerprint density at radius 1 is 0.868 bits per heavy atom. The molecule has 0 aliphatic rings. The Morgan fingerprint density at radius 3 is 2.08 bits per heavy atom. The highest BCUT2D eigenvalue weighted by Crippen LogP contribution is 2.19. The number of hydrogen-bond acceptors (Lipinski definition) is 8. The number of nitrogens with two attached hydrogens (primary N) is 3. The van der Waals surface area contributed by atoms with Gasteiger partial charge in [-0.25, -0.2) is 4.79 Å². The Hall–Kier alpha value is -4.50. The average molecular weight is 534 g/mol. The lowest BCUT2D eigenvalue weighted by atomic mass is 10.0. The van der Waals surface area contributed by atoms with E-state index in [4.69, 9.17) is 22.3 Å². The molecule has 1 aromatic carbocycles. The van der Waals surface area contributed by atoms with Gasteiger partial charge in [0.25, 0.3) is 0 Å². The molecule has 0 saturated carbocycles. The second-order valence-corrected chi connectivity index (χ2v) is 8.55.